The number of aliphatic hydroxyl groups excluding tert-OH is 1. The first kappa shape index (κ1) is 23.3. The van der Waals surface area contributed by atoms with Crippen LogP contribution in [0.4, 0.5) is 0 Å². The van der Waals surface area contributed by atoms with Crippen molar-refractivity contribution in [2.45, 2.75) is 0 Å². The molecule has 2 radical (unpaired) electrons. The Morgan fingerprint density at radius 2 is 1.19 bits per heavy atom. The Labute approximate surface area is 137 Å². The second-order valence-corrected chi connectivity index (χ2v) is 5.95. The first-order valence-electron chi connectivity index (χ1n) is 3.56. The second-order valence-electron chi connectivity index (χ2n) is 2.73. The van der Waals surface area contributed by atoms with Crippen LogP contribution in [0, 0.1) is 0 Å². The molecule has 0 bridgehead atoms. The molecule has 12 heteroatoms. The minimum absolute atomic E-state index is 0. The number of nitrogens with zero attached hydrogens (tertiary/aromatic N) is 1. The monoisotopic (exact) mass is 295 g/mol. The average Bonchev–Trinajstić information content (AvgIpc) is 1.78. The zero-order valence-electron chi connectivity index (χ0n) is 9.22. The van der Waals surface area contributed by atoms with Crippen LogP contribution in [0.25, 0.3) is 0 Å². The van der Waals surface area contributed by atoms with E-state index in [1.807, 2.05) is 0 Å². The van der Waals surface area contributed by atoms with Gasteiger partial charge in [-0.2, -0.15) is 0 Å². The molecule has 0 fully saturated rings. The van der Waals surface area contributed by atoms with Crippen LogP contribution in [-0.2, 0) is 9.13 Å². The molecule has 0 spiro atoms. The van der Waals surface area contributed by atoms with Gasteiger partial charge in [-0.05, 0) is 0 Å². The molecule has 0 saturated heterocycles. The van der Waals surface area contributed by atoms with Gasteiger partial charge in [0.05, 0.1) is 6.61 Å². The summed E-state index contributed by atoms with van der Waals surface area (Å²) in [6.07, 6.45) is -1.56. The van der Waals surface area contributed by atoms with E-state index in [0.717, 1.165) is 4.90 Å². The van der Waals surface area contributed by atoms with Crippen LogP contribution < -0.4 is 0 Å². The van der Waals surface area contributed by atoms with Crippen LogP contribution in [-0.4, -0.2) is 114 Å². The van der Waals surface area contributed by atoms with Gasteiger partial charge in [-0.3, -0.25) is 14.0 Å². The molecule has 88 valence electrons. The predicted molar refractivity (Wildman–Crippen MR) is 59.1 cm³/mol. The molecule has 0 aliphatic heterocycles. The minimum atomic E-state index is -4.37. The fraction of sp³-hybridized carbons (Fsp3) is 1.00. The van der Waals surface area contributed by atoms with Crippen molar-refractivity contribution in [1.29, 1.82) is 0 Å². The van der Waals surface area contributed by atoms with E-state index >= 15 is 0 Å². The standard InChI is InChI=1S/C4H13NO7P2.2Na/c6-2-1-5(3-13(7,8)9)4-14(10,11)12;;/h6H,1-4H2,(H2,7,8,9)(H2,10,11,12);;. The van der Waals surface area contributed by atoms with Gasteiger partial charge in [0.1, 0.15) is 12.6 Å². The summed E-state index contributed by atoms with van der Waals surface area (Å²) in [6, 6.07) is 0. The SMILES string of the molecule is O=P(O)(O)CN(CCO)CP(=O)(O)O.[Na].[Na]. The largest absolute Gasteiger partial charge is 0.395 e. The molecule has 0 unspecified atom stereocenters. The van der Waals surface area contributed by atoms with E-state index in [0.29, 0.717) is 0 Å². The van der Waals surface area contributed by atoms with Gasteiger partial charge in [-0.25, -0.2) is 0 Å². The summed E-state index contributed by atoms with van der Waals surface area (Å²) in [6.45, 7) is -0.629. The Hall–Kier alpha value is 2.22. The van der Waals surface area contributed by atoms with Crippen molar-refractivity contribution in [3.63, 3.8) is 0 Å². The normalized spacial score (nSPS) is 11.9. The fourth-order valence-corrected chi connectivity index (χ4v) is 2.53. The molecule has 0 aromatic carbocycles. The number of aliphatic hydroxyl groups is 1. The third kappa shape index (κ3) is 16.2. The Morgan fingerprint density at radius 3 is 1.38 bits per heavy atom. The number of hydrogen-bond acceptors (Lipinski definition) is 4. The second kappa shape index (κ2) is 10.1. The maximum atomic E-state index is 10.5. The molecule has 16 heavy (non-hydrogen) atoms. The van der Waals surface area contributed by atoms with Crippen LogP contribution in [0.15, 0.2) is 0 Å². The van der Waals surface area contributed by atoms with Gasteiger partial charge in [-0.1, -0.05) is 0 Å². The van der Waals surface area contributed by atoms with Gasteiger partial charge in [0.15, 0.2) is 0 Å². The zero-order valence-corrected chi connectivity index (χ0v) is 15.0. The Morgan fingerprint density at radius 1 is 0.875 bits per heavy atom. The number of hydrogen-bond donors (Lipinski definition) is 5. The summed E-state index contributed by atoms with van der Waals surface area (Å²) < 4.78 is 21.0. The van der Waals surface area contributed by atoms with Gasteiger partial charge in [0.25, 0.3) is 0 Å². The van der Waals surface area contributed by atoms with Crippen molar-refractivity contribution < 1.29 is 33.8 Å². The van der Waals surface area contributed by atoms with E-state index in [4.69, 9.17) is 24.7 Å². The molecular weight excluding hydrogens is 282 g/mol. The van der Waals surface area contributed by atoms with Crippen molar-refractivity contribution >= 4 is 74.3 Å². The maximum Gasteiger partial charge on any atom is 0.339 e. The first-order valence-corrected chi connectivity index (χ1v) is 7.16. The van der Waals surface area contributed by atoms with Crippen molar-refractivity contribution in [1.82, 2.24) is 4.90 Å². The minimum Gasteiger partial charge on any atom is -0.395 e. The van der Waals surface area contributed by atoms with Crippen molar-refractivity contribution in [3.05, 3.63) is 0 Å². The third-order valence-electron chi connectivity index (χ3n) is 1.18. The molecule has 0 aromatic rings. The molecule has 0 aliphatic carbocycles. The van der Waals surface area contributed by atoms with E-state index in [1.165, 1.54) is 0 Å². The summed E-state index contributed by atoms with van der Waals surface area (Å²) in [4.78, 5) is 35.0. The summed E-state index contributed by atoms with van der Waals surface area (Å²) in [5, 5.41) is 8.48. The molecule has 0 amide bonds. The zero-order chi connectivity index (χ0) is 11.4. The van der Waals surface area contributed by atoms with Crippen molar-refractivity contribution in [3.8, 4) is 0 Å². The summed E-state index contributed by atoms with van der Waals surface area (Å²) in [5.41, 5.74) is 0. The van der Waals surface area contributed by atoms with Crippen LogP contribution in [0.5, 0.6) is 0 Å². The smallest absolute Gasteiger partial charge is 0.339 e. The Bertz CT molecular complexity index is 241. The first-order chi connectivity index (χ1) is 6.14. The summed E-state index contributed by atoms with van der Waals surface area (Å²) >= 11 is 0. The summed E-state index contributed by atoms with van der Waals surface area (Å²) in [7, 11) is -8.73. The third-order valence-corrected chi connectivity index (χ3v) is 2.72. The number of rotatable bonds is 6. The Kier molecular flexibility index (Phi) is 14.7. The van der Waals surface area contributed by atoms with Crippen molar-refractivity contribution in [2.24, 2.45) is 0 Å². The van der Waals surface area contributed by atoms with Crippen LogP contribution in [0.1, 0.15) is 0 Å². The predicted octanol–water partition coefficient (Wildman–Crippen LogP) is -2.21. The van der Waals surface area contributed by atoms with Crippen LogP contribution >= 0.6 is 15.2 Å². The van der Waals surface area contributed by atoms with Gasteiger partial charge in [0, 0.05) is 65.7 Å². The molecule has 0 rings (SSSR count). The summed E-state index contributed by atoms with van der Waals surface area (Å²) in [5.74, 6) is 0. The van der Waals surface area contributed by atoms with Gasteiger partial charge in [0.2, 0.25) is 0 Å². The molecule has 0 aromatic heterocycles. The van der Waals surface area contributed by atoms with Gasteiger partial charge >= 0.3 is 15.2 Å². The molecule has 0 saturated carbocycles. The van der Waals surface area contributed by atoms with Crippen LogP contribution in [0.3, 0.4) is 0 Å². The van der Waals surface area contributed by atoms with E-state index in [-0.39, 0.29) is 65.7 Å². The van der Waals surface area contributed by atoms with Gasteiger partial charge in [-0.15, -0.1) is 0 Å². The van der Waals surface area contributed by atoms with Gasteiger partial charge < -0.3 is 24.7 Å². The maximum absolute atomic E-state index is 10.5. The molecule has 0 atom stereocenters. The van der Waals surface area contributed by atoms with Crippen molar-refractivity contribution in [2.75, 3.05) is 25.7 Å². The molecular formula is C4H13NNa2O7P2. The van der Waals surface area contributed by atoms with E-state index < -0.39 is 34.4 Å². The van der Waals surface area contributed by atoms with E-state index in [9.17, 15) is 9.13 Å². The Balaban J connectivity index is -0.000000845. The topological polar surface area (TPSA) is 139 Å². The quantitative estimate of drug-likeness (QED) is 0.274. The molecule has 0 heterocycles. The van der Waals surface area contributed by atoms with Crippen LogP contribution in [0.2, 0.25) is 0 Å². The molecule has 5 N–H and O–H groups in total. The average molecular weight is 295 g/mol. The molecule has 0 aliphatic rings. The van der Waals surface area contributed by atoms with E-state index in [2.05, 4.69) is 0 Å². The fourth-order valence-electron chi connectivity index (χ4n) is 0.849. The van der Waals surface area contributed by atoms with E-state index in [1.54, 1.807) is 0 Å². The molecule has 8 nitrogen and oxygen atoms in total.